The van der Waals surface area contributed by atoms with Crippen molar-refractivity contribution in [1.29, 1.82) is 0 Å². The van der Waals surface area contributed by atoms with Crippen molar-refractivity contribution in [3.63, 3.8) is 0 Å². The molecule has 0 spiro atoms. The summed E-state index contributed by atoms with van der Waals surface area (Å²) in [6.07, 6.45) is 0. The van der Waals surface area contributed by atoms with Gasteiger partial charge in [0.2, 0.25) is 0 Å². The van der Waals surface area contributed by atoms with Crippen molar-refractivity contribution in [3.8, 4) is 0 Å². The van der Waals surface area contributed by atoms with E-state index in [9.17, 15) is 0 Å². The summed E-state index contributed by atoms with van der Waals surface area (Å²) in [5, 5.41) is 9.73. The van der Waals surface area contributed by atoms with Crippen molar-refractivity contribution in [3.05, 3.63) is 58.1 Å². The van der Waals surface area contributed by atoms with E-state index in [2.05, 4.69) is 36.9 Å². The first-order valence-corrected chi connectivity index (χ1v) is 6.60. The number of halogens is 1. The maximum Gasteiger partial charge on any atom is 0.0696 e. The zero-order valence-electron chi connectivity index (χ0n) is 11.4. The Labute approximate surface area is 119 Å². The number of hydrogen-bond donors (Lipinski definition) is 1. The van der Waals surface area contributed by atoms with Crippen LogP contribution in [0, 0.1) is 13.8 Å². The second-order valence-electron chi connectivity index (χ2n) is 4.84. The van der Waals surface area contributed by atoms with E-state index in [-0.39, 0.29) is 6.61 Å². The van der Waals surface area contributed by atoms with E-state index in [0.717, 1.165) is 16.9 Å². The van der Waals surface area contributed by atoms with Gasteiger partial charge in [-0.25, -0.2) is 0 Å². The maximum atomic E-state index is 9.14. The van der Waals surface area contributed by atoms with Gasteiger partial charge in [-0.15, -0.1) is 0 Å². The highest BCUT2D eigenvalue weighted by atomic mass is 35.5. The molecule has 0 saturated carbocycles. The molecule has 2 rings (SSSR count). The summed E-state index contributed by atoms with van der Waals surface area (Å²) in [6.45, 7) is 4.14. The van der Waals surface area contributed by atoms with Gasteiger partial charge in [0.1, 0.15) is 0 Å². The van der Waals surface area contributed by atoms with Crippen molar-refractivity contribution < 1.29 is 5.11 Å². The van der Waals surface area contributed by atoms with Gasteiger partial charge in [0.25, 0.3) is 0 Å². The zero-order valence-corrected chi connectivity index (χ0v) is 12.2. The highest BCUT2D eigenvalue weighted by molar-refractivity contribution is 6.31. The normalized spacial score (nSPS) is 10.6. The lowest BCUT2D eigenvalue weighted by Crippen LogP contribution is -2.10. The average Bonchev–Trinajstić information content (AvgIpc) is 2.36. The minimum Gasteiger partial charge on any atom is -0.392 e. The fourth-order valence-electron chi connectivity index (χ4n) is 2.17. The van der Waals surface area contributed by atoms with Crippen molar-refractivity contribution in [1.82, 2.24) is 0 Å². The molecule has 0 radical (unpaired) electrons. The molecule has 19 heavy (non-hydrogen) atoms. The Kier molecular flexibility index (Phi) is 4.13. The third-order valence-corrected chi connectivity index (χ3v) is 3.54. The Morgan fingerprint density at radius 2 is 1.63 bits per heavy atom. The predicted octanol–water partition coefficient (Wildman–Crippen LogP) is 4.22. The number of rotatable bonds is 3. The van der Waals surface area contributed by atoms with Crippen LogP contribution in [0.25, 0.3) is 0 Å². The van der Waals surface area contributed by atoms with E-state index in [4.69, 9.17) is 16.7 Å². The van der Waals surface area contributed by atoms with E-state index in [1.54, 1.807) is 0 Å². The molecule has 0 aliphatic carbocycles. The first-order chi connectivity index (χ1) is 9.01. The Balaban J connectivity index is 2.38. The first-order valence-electron chi connectivity index (χ1n) is 6.22. The molecule has 0 aliphatic rings. The maximum absolute atomic E-state index is 9.14. The number of aryl methyl sites for hydroxylation is 2. The van der Waals surface area contributed by atoms with E-state index in [1.165, 1.54) is 11.1 Å². The van der Waals surface area contributed by atoms with Crippen LogP contribution in [0.3, 0.4) is 0 Å². The Morgan fingerprint density at radius 3 is 2.16 bits per heavy atom. The van der Waals surface area contributed by atoms with Crippen molar-refractivity contribution in [2.45, 2.75) is 20.5 Å². The van der Waals surface area contributed by atoms with Crippen molar-refractivity contribution in [2.24, 2.45) is 0 Å². The summed E-state index contributed by atoms with van der Waals surface area (Å²) < 4.78 is 0. The van der Waals surface area contributed by atoms with Gasteiger partial charge in [-0.3, -0.25) is 0 Å². The van der Waals surface area contributed by atoms with Crippen LogP contribution < -0.4 is 4.90 Å². The Bertz CT molecular complexity index is 575. The summed E-state index contributed by atoms with van der Waals surface area (Å²) in [6, 6.07) is 12.1. The van der Waals surface area contributed by atoms with Crippen LogP contribution in [-0.4, -0.2) is 12.2 Å². The summed E-state index contributed by atoms with van der Waals surface area (Å²) >= 11 is 6.14. The number of aliphatic hydroxyl groups excluding tert-OH is 1. The van der Waals surface area contributed by atoms with Crippen LogP contribution in [0.1, 0.15) is 16.7 Å². The van der Waals surface area contributed by atoms with E-state index in [1.807, 2.05) is 25.2 Å². The molecule has 2 aromatic carbocycles. The zero-order chi connectivity index (χ0) is 14.0. The molecule has 2 nitrogen and oxygen atoms in total. The quantitative estimate of drug-likeness (QED) is 0.907. The second-order valence-corrected chi connectivity index (χ2v) is 5.25. The number of nitrogens with zero attached hydrogens (tertiary/aromatic N) is 1. The third kappa shape index (κ3) is 3.09. The molecule has 0 amide bonds. The lowest BCUT2D eigenvalue weighted by atomic mass is 10.1. The molecule has 0 bridgehead atoms. The second kappa shape index (κ2) is 5.64. The van der Waals surface area contributed by atoms with Gasteiger partial charge >= 0.3 is 0 Å². The number of anilines is 2. The van der Waals surface area contributed by atoms with Crippen LogP contribution in [-0.2, 0) is 6.61 Å². The van der Waals surface area contributed by atoms with Gasteiger partial charge < -0.3 is 10.0 Å². The largest absolute Gasteiger partial charge is 0.392 e. The fraction of sp³-hybridized carbons (Fsp3) is 0.250. The molecule has 2 aromatic rings. The summed E-state index contributed by atoms with van der Waals surface area (Å²) in [5.74, 6) is 0. The van der Waals surface area contributed by atoms with Crippen LogP contribution in [0.15, 0.2) is 36.4 Å². The molecule has 0 heterocycles. The Hall–Kier alpha value is -1.51. The minimum absolute atomic E-state index is 0.0353. The minimum atomic E-state index is -0.0353. The lowest BCUT2D eigenvalue weighted by Gasteiger charge is -2.21. The Morgan fingerprint density at radius 1 is 1.00 bits per heavy atom. The van der Waals surface area contributed by atoms with Gasteiger partial charge in [0, 0.05) is 23.4 Å². The van der Waals surface area contributed by atoms with Crippen LogP contribution in [0.4, 0.5) is 11.4 Å². The summed E-state index contributed by atoms with van der Waals surface area (Å²) in [7, 11) is 2.01. The van der Waals surface area contributed by atoms with Gasteiger partial charge in [-0.2, -0.15) is 0 Å². The SMILES string of the molecule is Cc1cc(C)cc(N(C)c2ccc(CO)c(Cl)c2)c1. The summed E-state index contributed by atoms with van der Waals surface area (Å²) in [4.78, 5) is 2.09. The number of aliphatic hydroxyl groups is 1. The molecule has 0 saturated heterocycles. The number of benzene rings is 2. The lowest BCUT2D eigenvalue weighted by molar-refractivity contribution is 0.282. The molecule has 0 atom stereocenters. The monoisotopic (exact) mass is 275 g/mol. The van der Waals surface area contributed by atoms with Crippen LogP contribution >= 0.6 is 11.6 Å². The topological polar surface area (TPSA) is 23.5 Å². The van der Waals surface area contributed by atoms with Crippen molar-refractivity contribution in [2.75, 3.05) is 11.9 Å². The summed E-state index contributed by atoms with van der Waals surface area (Å²) in [5.41, 5.74) is 5.36. The van der Waals surface area contributed by atoms with Gasteiger partial charge in [0.05, 0.1) is 6.61 Å². The molecular formula is C16H18ClNO. The standard InChI is InChI=1S/C16H18ClNO/c1-11-6-12(2)8-15(7-11)18(3)14-5-4-13(10-19)16(17)9-14/h4-9,19H,10H2,1-3H3. The van der Waals surface area contributed by atoms with Crippen LogP contribution in [0.2, 0.25) is 5.02 Å². The van der Waals surface area contributed by atoms with E-state index >= 15 is 0 Å². The molecule has 100 valence electrons. The predicted molar refractivity (Wildman–Crippen MR) is 81.4 cm³/mol. The van der Waals surface area contributed by atoms with E-state index < -0.39 is 0 Å². The number of hydrogen-bond acceptors (Lipinski definition) is 2. The molecule has 1 N–H and O–H groups in total. The highest BCUT2D eigenvalue weighted by Crippen LogP contribution is 2.29. The molecule has 0 aliphatic heterocycles. The molecular weight excluding hydrogens is 258 g/mol. The van der Waals surface area contributed by atoms with E-state index in [0.29, 0.717) is 5.02 Å². The molecule has 0 unspecified atom stereocenters. The molecule has 3 heteroatoms. The van der Waals surface area contributed by atoms with Crippen molar-refractivity contribution >= 4 is 23.0 Å². The molecule has 0 aromatic heterocycles. The highest BCUT2D eigenvalue weighted by Gasteiger charge is 2.07. The van der Waals surface area contributed by atoms with Gasteiger partial charge in [-0.05, 0) is 54.8 Å². The van der Waals surface area contributed by atoms with Gasteiger partial charge in [-0.1, -0.05) is 23.7 Å². The average molecular weight is 276 g/mol. The van der Waals surface area contributed by atoms with Crippen LogP contribution in [0.5, 0.6) is 0 Å². The fourth-order valence-corrected chi connectivity index (χ4v) is 2.40. The molecule has 0 fully saturated rings. The smallest absolute Gasteiger partial charge is 0.0696 e. The third-order valence-electron chi connectivity index (χ3n) is 3.19. The van der Waals surface area contributed by atoms with Gasteiger partial charge in [0.15, 0.2) is 0 Å². The first kappa shape index (κ1) is 13.9.